The average molecular weight is 684 g/mol. The van der Waals surface area contributed by atoms with Gasteiger partial charge in [0.25, 0.3) is 0 Å². The summed E-state index contributed by atoms with van der Waals surface area (Å²) in [5.74, 6) is -3.45. The summed E-state index contributed by atoms with van der Waals surface area (Å²) in [6.45, 7) is 5.08. The number of fused-ring (bicyclic) bond motifs is 1. The van der Waals surface area contributed by atoms with Crippen LogP contribution in [0.1, 0.15) is 58.4 Å². The van der Waals surface area contributed by atoms with Crippen LogP contribution in [-0.4, -0.2) is 84.1 Å². The number of nitrogens with zero attached hydrogens (tertiary/aromatic N) is 2. The average Bonchev–Trinajstić information content (AvgIpc) is 3.53. The Labute approximate surface area is 282 Å². The van der Waals surface area contributed by atoms with Gasteiger partial charge in [-0.2, -0.15) is 0 Å². The number of carbonyl (C=O) groups is 6. The highest BCUT2D eigenvalue weighted by Gasteiger charge is 2.36. The van der Waals surface area contributed by atoms with Crippen LogP contribution in [0, 0.1) is 5.92 Å². The number of nitrogens with two attached hydrogens (primary N) is 3. The number of nitrogens with one attached hydrogen (secondary N) is 4. The molecule has 1 aliphatic heterocycles. The van der Waals surface area contributed by atoms with Crippen LogP contribution < -0.4 is 44.1 Å². The monoisotopic (exact) mass is 683 g/mol. The number of rotatable bonds is 16. The van der Waals surface area contributed by atoms with E-state index in [1.807, 2.05) is 13.8 Å². The van der Waals surface area contributed by atoms with Gasteiger partial charge in [-0.25, -0.2) is 4.79 Å². The minimum atomic E-state index is -1.07. The molecule has 4 atom stereocenters. The van der Waals surface area contributed by atoms with Gasteiger partial charge >= 0.3 is 5.63 Å². The minimum absolute atomic E-state index is 0.120. The lowest BCUT2D eigenvalue weighted by Gasteiger charge is -2.27. The Bertz CT molecular complexity index is 1650. The van der Waals surface area contributed by atoms with E-state index in [4.69, 9.17) is 21.6 Å². The first-order chi connectivity index (χ1) is 23.2. The molecule has 0 spiro atoms. The summed E-state index contributed by atoms with van der Waals surface area (Å²) in [6.07, 6.45) is 1.77. The summed E-state index contributed by atoms with van der Waals surface area (Å²) < 4.78 is 5.27. The van der Waals surface area contributed by atoms with E-state index in [2.05, 4.69) is 26.3 Å². The van der Waals surface area contributed by atoms with Crippen LogP contribution in [0.5, 0.6) is 0 Å². The van der Waals surface area contributed by atoms with Gasteiger partial charge in [0.05, 0.1) is 13.0 Å². The van der Waals surface area contributed by atoms with E-state index in [-0.39, 0.29) is 61.5 Å². The van der Waals surface area contributed by atoms with E-state index in [0.717, 1.165) is 0 Å². The third kappa shape index (κ3) is 11.0. The number of anilines is 1. The summed E-state index contributed by atoms with van der Waals surface area (Å²) >= 11 is 0. The van der Waals surface area contributed by atoms with Gasteiger partial charge in [0, 0.05) is 43.2 Å². The van der Waals surface area contributed by atoms with Gasteiger partial charge in [0.2, 0.25) is 35.4 Å². The van der Waals surface area contributed by atoms with Crippen molar-refractivity contribution in [1.82, 2.24) is 20.9 Å². The van der Waals surface area contributed by atoms with Crippen molar-refractivity contribution in [3.05, 3.63) is 40.2 Å². The van der Waals surface area contributed by atoms with Crippen LogP contribution in [-0.2, 0) is 35.2 Å². The summed E-state index contributed by atoms with van der Waals surface area (Å²) in [6, 6.07) is 2.93. The molecule has 1 aromatic heterocycles. The Morgan fingerprint density at radius 3 is 2.45 bits per heavy atom. The molecule has 1 saturated heterocycles. The van der Waals surface area contributed by atoms with Crippen LogP contribution in [0.3, 0.4) is 0 Å². The second-order valence-corrected chi connectivity index (χ2v) is 12.0. The molecule has 0 bridgehead atoms. The van der Waals surface area contributed by atoms with Crippen molar-refractivity contribution < 1.29 is 33.2 Å². The normalized spacial score (nSPS) is 15.8. The predicted octanol–water partition coefficient (Wildman–Crippen LogP) is -1.04. The maximum atomic E-state index is 13.5. The number of hydrogen-bond acceptors (Lipinski definition) is 9. The van der Waals surface area contributed by atoms with Gasteiger partial charge in [-0.15, -0.1) is 0 Å². The van der Waals surface area contributed by atoms with Crippen molar-refractivity contribution in [3.8, 4) is 0 Å². The molecule has 1 aliphatic rings. The highest BCUT2D eigenvalue weighted by Crippen LogP contribution is 2.23. The van der Waals surface area contributed by atoms with Gasteiger partial charge in [-0.3, -0.25) is 33.8 Å². The fourth-order valence-electron chi connectivity index (χ4n) is 5.54. The number of amides is 6. The summed E-state index contributed by atoms with van der Waals surface area (Å²) in [5.41, 5.74) is 16.2. The van der Waals surface area contributed by atoms with Crippen molar-refractivity contribution >= 4 is 58.1 Å². The van der Waals surface area contributed by atoms with Gasteiger partial charge in [-0.05, 0) is 49.3 Å². The minimum Gasteiger partial charge on any atom is -0.423 e. The van der Waals surface area contributed by atoms with E-state index in [1.165, 1.54) is 24.0 Å². The van der Waals surface area contributed by atoms with E-state index in [1.54, 1.807) is 12.1 Å². The van der Waals surface area contributed by atoms with Crippen molar-refractivity contribution in [2.45, 2.75) is 77.4 Å². The number of likely N-dealkylation sites (tertiary alicyclic amines) is 1. The van der Waals surface area contributed by atoms with Gasteiger partial charge < -0.3 is 47.8 Å². The fourth-order valence-corrected chi connectivity index (χ4v) is 5.54. The van der Waals surface area contributed by atoms with Gasteiger partial charge in [0.15, 0.2) is 5.96 Å². The van der Waals surface area contributed by atoms with Crippen LogP contribution in [0.4, 0.5) is 5.69 Å². The highest BCUT2D eigenvalue weighted by atomic mass is 16.4. The molecule has 49 heavy (non-hydrogen) atoms. The SMILES string of the molecule is CC[C@H](C)[C@H](NC(C)=O)C(=O)NCC(=O)N1CCC[C@H]1C(=O)N[C@@H](CCCN=C(N)N)C(=O)Nc1ccc2c(CC(N)=O)cc(=O)oc2c1. The van der Waals surface area contributed by atoms with Crippen LogP contribution in [0.15, 0.2) is 38.5 Å². The Balaban J connectivity index is 1.73. The van der Waals surface area contributed by atoms with Crippen molar-refractivity contribution in [1.29, 1.82) is 0 Å². The molecule has 0 radical (unpaired) electrons. The lowest BCUT2D eigenvalue weighted by molar-refractivity contribution is -0.139. The van der Waals surface area contributed by atoms with Crippen LogP contribution in [0.25, 0.3) is 11.0 Å². The number of carbonyl (C=O) groups excluding carboxylic acids is 6. The summed E-state index contributed by atoms with van der Waals surface area (Å²) in [7, 11) is 0. The van der Waals surface area contributed by atoms with E-state index < -0.39 is 53.3 Å². The molecule has 0 unspecified atom stereocenters. The molecule has 2 heterocycles. The van der Waals surface area contributed by atoms with E-state index in [9.17, 15) is 33.6 Å². The predicted molar refractivity (Wildman–Crippen MR) is 181 cm³/mol. The smallest absolute Gasteiger partial charge is 0.336 e. The maximum Gasteiger partial charge on any atom is 0.336 e. The number of guanidine groups is 1. The molecule has 1 fully saturated rings. The second-order valence-electron chi connectivity index (χ2n) is 12.0. The van der Waals surface area contributed by atoms with Gasteiger partial charge in [-0.1, -0.05) is 20.3 Å². The van der Waals surface area contributed by atoms with Crippen molar-refractivity contribution in [3.63, 3.8) is 0 Å². The molecule has 1 aromatic carbocycles. The molecule has 3 rings (SSSR count). The summed E-state index contributed by atoms with van der Waals surface area (Å²) in [4.78, 5) is 93.5. The molecular formula is C32H45N9O8. The highest BCUT2D eigenvalue weighted by molar-refractivity contribution is 6.00. The van der Waals surface area contributed by atoms with Crippen LogP contribution >= 0.6 is 0 Å². The first-order valence-electron chi connectivity index (χ1n) is 16.1. The Morgan fingerprint density at radius 1 is 1.06 bits per heavy atom. The zero-order valence-corrected chi connectivity index (χ0v) is 27.9. The van der Waals surface area contributed by atoms with Crippen molar-refractivity contribution in [2.24, 2.45) is 28.1 Å². The Hall–Kier alpha value is -5.48. The van der Waals surface area contributed by atoms with Gasteiger partial charge in [0.1, 0.15) is 23.7 Å². The third-order valence-corrected chi connectivity index (χ3v) is 8.18. The standard InChI is InChI=1S/C32H45N9O8/c1-4-17(2)28(38-18(3)42)31(48)37-16-26(44)41-12-6-8-23(41)30(47)40-22(7-5-11-36-32(34)35)29(46)39-20-9-10-21-19(13-25(33)43)14-27(45)49-24(21)15-20/h9-10,14-15,17,22-23,28H,4-8,11-13,16H2,1-3H3,(H2,33,43)(H,37,48)(H,38,42)(H,39,46)(H,40,47)(H4,34,35,36)/t17-,22-,23-,28-/m0/s1. The summed E-state index contributed by atoms with van der Waals surface area (Å²) in [5, 5.41) is 11.1. The quantitative estimate of drug-likeness (QED) is 0.0488. The Kier molecular flexibility index (Phi) is 13.6. The molecule has 266 valence electrons. The molecule has 17 heteroatoms. The van der Waals surface area contributed by atoms with Crippen LogP contribution in [0.2, 0.25) is 0 Å². The third-order valence-electron chi connectivity index (χ3n) is 8.18. The molecule has 10 N–H and O–H groups in total. The molecule has 2 aromatic rings. The second kappa shape index (κ2) is 17.6. The lowest BCUT2D eigenvalue weighted by atomic mass is 9.98. The topological polar surface area (TPSA) is 274 Å². The lowest BCUT2D eigenvalue weighted by Crippen LogP contribution is -2.55. The number of benzene rings is 1. The maximum absolute atomic E-state index is 13.5. The van der Waals surface area contributed by atoms with Crippen molar-refractivity contribution in [2.75, 3.05) is 25.0 Å². The Morgan fingerprint density at radius 2 is 1.80 bits per heavy atom. The first-order valence-corrected chi connectivity index (χ1v) is 16.1. The molecule has 0 aliphatic carbocycles. The zero-order chi connectivity index (χ0) is 36.2. The number of primary amides is 1. The number of hydrogen-bond donors (Lipinski definition) is 7. The number of aliphatic imine (C=N–C) groups is 1. The molecule has 0 saturated carbocycles. The fraction of sp³-hybridized carbons (Fsp3) is 0.500. The molecule has 17 nitrogen and oxygen atoms in total. The van der Waals surface area contributed by atoms with E-state index in [0.29, 0.717) is 36.6 Å². The largest absolute Gasteiger partial charge is 0.423 e. The first kappa shape index (κ1) is 38.0. The zero-order valence-electron chi connectivity index (χ0n) is 27.9. The molecular weight excluding hydrogens is 638 g/mol. The van der Waals surface area contributed by atoms with E-state index >= 15 is 0 Å². The molecule has 6 amide bonds.